The lowest BCUT2D eigenvalue weighted by molar-refractivity contribution is -0.277. The molecule has 1 saturated carbocycles. The number of nitrogens with zero attached hydrogens (tertiary/aromatic N) is 1. The number of aliphatic hydroxyl groups excluding tert-OH is 2. The van der Waals surface area contributed by atoms with E-state index in [9.17, 15) is 28.8 Å². The van der Waals surface area contributed by atoms with Crippen LogP contribution in [0.4, 0.5) is 0 Å². The molecule has 3 aliphatic heterocycles. The number of rotatable bonds is 16. The summed E-state index contributed by atoms with van der Waals surface area (Å²) in [5.74, 6) is -8.04. The van der Waals surface area contributed by atoms with Gasteiger partial charge in [0.05, 0.1) is 31.5 Å². The monoisotopic (exact) mass is 1100 g/mol. The molecule has 17 nitrogen and oxygen atoms in total. The third-order valence-corrected chi connectivity index (χ3v) is 17.2. The van der Waals surface area contributed by atoms with Gasteiger partial charge in [-0.1, -0.05) is 84.9 Å². The predicted octanol–water partition coefficient (Wildman–Crippen LogP) is 8.06. The minimum atomic E-state index is -1.93. The molecule has 1 amide bonds. The lowest BCUT2D eigenvalue weighted by Crippen LogP contribution is -2.61. The maximum absolute atomic E-state index is 14.8. The third kappa shape index (κ3) is 16.8. The number of cyclic esters (lactones) is 1. The van der Waals surface area contributed by atoms with Crippen molar-refractivity contribution in [1.82, 2.24) is 4.90 Å². The molecule has 1 aliphatic carbocycles. The Kier molecular flexibility index (Phi) is 25.4. The van der Waals surface area contributed by atoms with Crippen molar-refractivity contribution in [2.24, 2.45) is 46.8 Å². The molecule has 3 fully saturated rings. The van der Waals surface area contributed by atoms with Crippen LogP contribution in [-0.2, 0) is 66.7 Å². The number of piperidine rings is 1. The van der Waals surface area contributed by atoms with Crippen molar-refractivity contribution in [3.8, 4) is 0 Å². The summed E-state index contributed by atoms with van der Waals surface area (Å²) in [5, 5.41) is 9.95. The number of Topliss-reactive ketones (excluding diaryl/α,β-unsaturated/α-hetero) is 3. The Hall–Kier alpha value is -3.94. The van der Waals surface area contributed by atoms with Gasteiger partial charge in [-0.15, -0.1) is 0 Å². The zero-order valence-electron chi connectivity index (χ0n) is 51.4. The summed E-state index contributed by atoms with van der Waals surface area (Å²) < 4.78 is 64.1. The molecule has 0 radical (unpaired) electrons. The number of carbonyl (C=O) groups excluding carboxylic acids is 6. The molecule has 2 saturated heterocycles. The Labute approximate surface area is 468 Å². The van der Waals surface area contributed by atoms with Gasteiger partial charge in [0.15, 0.2) is 5.78 Å². The van der Waals surface area contributed by atoms with Crippen molar-refractivity contribution in [2.75, 3.05) is 54.8 Å². The smallest absolute Gasteiger partial charge is 0.329 e. The fourth-order valence-electron chi connectivity index (χ4n) is 11.9. The van der Waals surface area contributed by atoms with E-state index in [1.54, 1.807) is 27.0 Å². The summed E-state index contributed by atoms with van der Waals surface area (Å²) in [4.78, 5) is 88.1. The molecule has 78 heavy (non-hydrogen) atoms. The summed E-state index contributed by atoms with van der Waals surface area (Å²) in [6.45, 7) is 18.7. The van der Waals surface area contributed by atoms with E-state index in [-0.39, 0.29) is 61.9 Å². The number of hydrogen-bond acceptors (Lipinski definition) is 16. The number of hydrogen-bond donors (Lipinski definition) is 2. The number of ketones is 3. The van der Waals surface area contributed by atoms with E-state index in [4.69, 9.17) is 51.0 Å². The number of fused-ring (bicyclic) bond motifs is 3. The standard InChI is InChI=1S/C61H97NO16/c1-15-75-52-32-45(25-27-49(52)77-59(70)60(35-63,36-71-11)37(2)3)31-41(7)51-34-48(64)40(6)30-43(9)54(66)55(73-13)53(65)42(8)29-38(4)21-17-16-18-22-39(5)50(72-12)33-46-26-24-44(10)61(74-14,78-46)56(67)57(68)62-28-20-19-23-47(62)58(69)76-51/h16-18,21-22,30,37-38,40-42,44-47,49-52,54-55,63,66H,15,19-20,23-29,31-36H2,1-14H3/b18-16+,21-17+,39-22+,43-30+/t38-,40-,41-,42-,44-,45+,46?,47?,49?,50+,51+,52-,54-,55+,60?,61-/m1/s1/i63D,66D. The number of allylic oxidation sites excluding steroid dienone is 6. The summed E-state index contributed by atoms with van der Waals surface area (Å²) >= 11 is 0. The van der Waals surface area contributed by atoms with Crippen molar-refractivity contribution in [2.45, 2.75) is 201 Å². The van der Waals surface area contributed by atoms with E-state index in [0.29, 0.717) is 76.4 Å². The van der Waals surface area contributed by atoms with Crippen LogP contribution in [-0.4, -0.2) is 163 Å². The third-order valence-electron chi connectivity index (χ3n) is 17.2. The van der Waals surface area contributed by atoms with Crippen LogP contribution >= 0.6 is 0 Å². The average Bonchev–Trinajstić information content (AvgIpc) is 3.45. The van der Waals surface area contributed by atoms with Crippen LogP contribution in [0, 0.1) is 46.8 Å². The molecule has 4 rings (SSSR count). The number of ether oxygens (including phenoxy) is 8. The highest BCUT2D eigenvalue weighted by Crippen LogP contribution is 2.40. The Morgan fingerprint density at radius 2 is 1.64 bits per heavy atom. The highest BCUT2D eigenvalue weighted by molar-refractivity contribution is 6.39. The maximum Gasteiger partial charge on any atom is 0.329 e. The summed E-state index contributed by atoms with van der Waals surface area (Å²) in [6, 6.07) is -1.15. The minimum Gasteiger partial charge on any atom is -0.460 e. The average molecular weight is 1100 g/mol. The van der Waals surface area contributed by atoms with Gasteiger partial charge in [-0.2, -0.15) is 0 Å². The molecule has 0 spiro atoms. The van der Waals surface area contributed by atoms with Crippen LogP contribution < -0.4 is 0 Å². The number of aliphatic hydroxyl groups is 2. The van der Waals surface area contributed by atoms with Crippen LogP contribution in [0.1, 0.15) is 146 Å². The fraction of sp³-hybridized carbons (Fsp3) is 0.770. The fourth-order valence-corrected chi connectivity index (χ4v) is 11.9. The van der Waals surface area contributed by atoms with Crippen LogP contribution in [0.5, 0.6) is 0 Å². The quantitative estimate of drug-likeness (QED) is 0.0848. The van der Waals surface area contributed by atoms with Gasteiger partial charge in [0.1, 0.15) is 41.7 Å². The van der Waals surface area contributed by atoms with E-state index in [1.807, 2.05) is 85.8 Å². The summed E-state index contributed by atoms with van der Waals surface area (Å²) in [7, 11) is 5.84. The van der Waals surface area contributed by atoms with Gasteiger partial charge in [-0.25, -0.2) is 4.79 Å². The van der Waals surface area contributed by atoms with Gasteiger partial charge in [0, 0.05) is 72.2 Å². The van der Waals surface area contributed by atoms with Crippen molar-refractivity contribution in [3.63, 3.8) is 0 Å². The van der Waals surface area contributed by atoms with Gasteiger partial charge in [0.2, 0.25) is 8.65 Å². The van der Waals surface area contributed by atoms with Gasteiger partial charge < -0.3 is 53.0 Å². The zero-order valence-corrected chi connectivity index (χ0v) is 49.4. The van der Waals surface area contributed by atoms with E-state index in [0.717, 1.165) is 5.57 Å². The van der Waals surface area contributed by atoms with Crippen molar-refractivity contribution in [3.05, 3.63) is 47.6 Å². The first-order valence-corrected chi connectivity index (χ1v) is 28.6. The predicted molar refractivity (Wildman–Crippen MR) is 295 cm³/mol. The molecule has 3 heterocycles. The van der Waals surface area contributed by atoms with Crippen LogP contribution in [0.25, 0.3) is 0 Å². The number of methoxy groups -OCH3 is 4. The minimum absolute atomic E-state index is 0.00116. The van der Waals surface area contributed by atoms with Crippen molar-refractivity contribution in [1.29, 1.82) is 2.86 Å². The van der Waals surface area contributed by atoms with E-state index >= 15 is 0 Å². The molecule has 0 aromatic carbocycles. The number of esters is 2. The Balaban J connectivity index is 1.74. The van der Waals surface area contributed by atoms with Crippen LogP contribution in [0.3, 0.4) is 0 Å². The van der Waals surface area contributed by atoms with Gasteiger partial charge in [-0.05, 0) is 120 Å². The van der Waals surface area contributed by atoms with Gasteiger partial charge in [-0.3, -0.25) is 24.0 Å². The first kappa shape index (κ1) is 63.2. The maximum atomic E-state index is 14.8. The molecule has 17 heteroatoms. The molecule has 4 aliphatic rings. The van der Waals surface area contributed by atoms with Crippen LogP contribution in [0.2, 0.25) is 0 Å². The Bertz CT molecular complexity index is 2160. The molecular formula is C61H97NO16. The first-order chi connectivity index (χ1) is 38.0. The second-order valence-electron chi connectivity index (χ2n) is 23.2. The molecule has 0 aromatic heterocycles. The Morgan fingerprint density at radius 3 is 2.28 bits per heavy atom. The highest BCUT2D eigenvalue weighted by Gasteiger charge is 2.55. The molecule has 4 unspecified atom stereocenters. The SMILES string of the molecule is [2H]OCC(COC)(C(=O)OC1CC[C@@H](C[C@@H](C)[C@@H]2CC(=O)[C@H](C)/C=C(\C)[C@@H](O[2H])[C@@H](OC)C(=O)[C@H](C)C[C@H](C)/C=C/C=C/C=C(\C)[C@@H](OC)CC3CC[C@@H](C)[C@@](OC)(O3)C(=O)C(=O)N3CCCCC3C(=O)O2)C[C@H]1OCC)C(C)C. The van der Waals surface area contributed by atoms with Gasteiger partial charge in [0.25, 0.3) is 11.7 Å². The number of amides is 1. The number of carbonyl (C=O) groups is 6. The molecule has 0 aromatic rings. The molecule has 2 N–H and O–H groups in total. The van der Waals surface area contributed by atoms with E-state index in [1.165, 1.54) is 26.2 Å². The van der Waals surface area contributed by atoms with E-state index < -0.39 is 107 Å². The summed E-state index contributed by atoms with van der Waals surface area (Å²) in [6.07, 6.45) is 11.2. The van der Waals surface area contributed by atoms with E-state index in [2.05, 4.69) is 0 Å². The van der Waals surface area contributed by atoms with Crippen molar-refractivity contribution >= 4 is 35.2 Å². The second kappa shape index (κ2) is 31.3. The lowest BCUT2D eigenvalue weighted by atomic mass is 9.77. The van der Waals surface area contributed by atoms with Gasteiger partial charge >= 0.3 is 11.9 Å². The highest BCUT2D eigenvalue weighted by atomic mass is 16.7. The van der Waals surface area contributed by atoms with Crippen LogP contribution in [0.15, 0.2) is 47.6 Å². The van der Waals surface area contributed by atoms with Crippen molar-refractivity contribution < 1.29 is 76.9 Å². The molecule has 442 valence electrons. The normalized spacial score (nSPS) is 36.8. The largest absolute Gasteiger partial charge is 0.460 e. The zero-order chi connectivity index (χ0) is 59.5. The molecule has 16 atom stereocenters. The molecule has 2 bridgehead atoms. The second-order valence-corrected chi connectivity index (χ2v) is 23.2. The molecular weight excluding hydrogens is 1000 g/mol. The Morgan fingerprint density at radius 1 is 0.897 bits per heavy atom. The topological polar surface area (TPSA) is 220 Å². The summed E-state index contributed by atoms with van der Waals surface area (Å²) in [5.41, 5.74) is 0.133. The lowest BCUT2D eigenvalue weighted by Gasteiger charge is -2.44. The first-order valence-electron chi connectivity index (χ1n) is 29.5.